The van der Waals surface area contributed by atoms with Crippen molar-refractivity contribution in [2.24, 2.45) is 10.9 Å². The van der Waals surface area contributed by atoms with Crippen LogP contribution in [-0.2, 0) is 21.4 Å². The highest BCUT2D eigenvalue weighted by molar-refractivity contribution is 7.89. The lowest BCUT2D eigenvalue weighted by atomic mass is 10.2. The van der Waals surface area contributed by atoms with Gasteiger partial charge in [-0.1, -0.05) is 12.1 Å². The van der Waals surface area contributed by atoms with E-state index in [9.17, 15) is 13.2 Å². The smallest absolute Gasteiger partial charge is 0.238 e. The number of nitrogens with one attached hydrogen (secondary N) is 1. The first-order chi connectivity index (χ1) is 7.80. The number of primary sulfonamides is 1. The normalized spacial score (nSPS) is 13.1. The summed E-state index contributed by atoms with van der Waals surface area (Å²) in [5.41, 5.74) is 6.02. The van der Waals surface area contributed by atoms with Gasteiger partial charge in [-0.05, 0) is 24.6 Å². The van der Waals surface area contributed by atoms with Gasteiger partial charge in [0.25, 0.3) is 0 Å². The zero-order valence-corrected chi connectivity index (χ0v) is 10.2. The highest BCUT2D eigenvalue weighted by atomic mass is 32.2. The number of carbonyl (C=O) groups excluding carboxylic acids is 1. The van der Waals surface area contributed by atoms with Crippen LogP contribution in [0.3, 0.4) is 0 Å². The van der Waals surface area contributed by atoms with Crippen molar-refractivity contribution >= 4 is 15.9 Å². The Bertz CT molecular complexity index is 511. The van der Waals surface area contributed by atoms with Crippen LogP contribution >= 0.6 is 0 Å². The molecule has 0 fully saturated rings. The molecule has 94 valence electrons. The third-order valence-electron chi connectivity index (χ3n) is 2.11. The molecule has 0 aliphatic rings. The molecule has 0 radical (unpaired) electrons. The van der Waals surface area contributed by atoms with Crippen LogP contribution in [0, 0.1) is 0 Å². The van der Waals surface area contributed by atoms with Crippen LogP contribution in [0.15, 0.2) is 29.2 Å². The fourth-order valence-electron chi connectivity index (χ4n) is 1.18. The SMILES string of the molecule is CC(N)C(=O)NCc1cccc(S(N)(=O)=O)c1. The number of rotatable bonds is 4. The lowest BCUT2D eigenvalue weighted by Gasteiger charge is -2.08. The second kappa shape index (κ2) is 5.26. The Morgan fingerprint density at radius 2 is 2.12 bits per heavy atom. The molecule has 6 nitrogen and oxygen atoms in total. The van der Waals surface area contributed by atoms with E-state index in [1.165, 1.54) is 12.1 Å². The average molecular weight is 257 g/mol. The van der Waals surface area contributed by atoms with Crippen LogP contribution in [-0.4, -0.2) is 20.4 Å². The molecule has 0 aromatic heterocycles. The van der Waals surface area contributed by atoms with Gasteiger partial charge in [0.15, 0.2) is 0 Å². The number of carbonyl (C=O) groups is 1. The number of sulfonamides is 1. The molecule has 1 atom stereocenters. The molecule has 1 rings (SSSR count). The summed E-state index contributed by atoms with van der Waals surface area (Å²) in [4.78, 5) is 11.2. The summed E-state index contributed by atoms with van der Waals surface area (Å²) >= 11 is 0. The largest absolute Gasteiger partial charge is 0.351 e. The highest BCUT2D eigenvalue weighted by Gasteiger charge is 2.09. The van der Waals surface area contributed by atoms with Crippen molar-refractivity contribution in [1.29, 1.82) is 0 Å². The molecule has 0 bridgehead atoms. The van der Waals surface area contributed by atoms with E-state index in [-0.39, 0.29) is 17.3 Å². The number of hydrogen-bond acceptors (Lipinski definition) is 4. The maximum Gasteiger partial charge on any atom is 0.238 e. The van der Waals surface area contributed by atoms with Crippen molar-refractivity contribution in [2.75, 3.05) is 0 Å². The van der Waals surface area contributed by atoms with Gasteiger partial charge in [0.1, 0.15) is 0 Å². The van der Waals surface area contributed by atoms with Crippen molar-refractivity contribution in [1.82, 2.24) is 5.32 Å². The zero-order chi connectivity index (χ0) is 13.1. The minimum Gasteiger partial charge on any atom is -0.351 e. The molecule has 7 heteroatoms. The third kappa shape index (κ3) is 4.14. The van der Waals surface area contributed by atoms with Gasteiger partial charge in [0.05, 0.1) is 10.9 Å². The minimum atomic E-state index is -3.72. The summed E-state index contributed by atoms with van der Waals surface area (Å²) in [7, 11) is -3.72. The van der Waals surface area contributed by atoms with Gasteiger partial charge >= 0.3 is 0 Å². The summed E-state index contributed by atoms with van der Waals surface area (Å²) in [6.07, 6.45) is 0. The molecule has 0 aliphatic heterocycles. The number of hydrogen-bond donors (Lipinski definition) is 3. The predicted octanol–water partition coefficient (Wildman–Crippen LogP) is -0.703. The molecule has 0 spiro atoms. The molecule has 17 heavy (non-hydrogen) atoms. The van der Waals surface area contributed by atoms with Crippen molar-refractivity contribution < 1.29 is 13.2 Å². The van der Waals surface area contributed by atoms with Crippen LogP contribution in [0.1, 0.15) is 12.5 Å². The van der Waals surface area contributed by atoms with Crippen molar-refractivity contribution in [3.8, 4) is 0 Å². The van der Waals surface area contributed by atoms with E-state index in [2.05, 4.69) is 5.32 Å². The number of amides is 1. The van der Waals surface area contributed by atoms with Crippen LogP contribution in [0.5, 0.6) is 0 Å². The third-order valence-corrected chi connectivity index (χ3v) is 3.02. The molecule has 1 amide bonds. The van der Waals surface area contributed by atoms with E-state index in [0.717, 1.165) is 0 Å². The van der Waals surface area contributed by atoms with Gasteiger partial charge in [-0.25, -0.2) is 13.6 Å². The van der Waals surface area contributed by atoms with E-state index in [4.69, 9.17) is 10.9 Å². The Hall–Kier alpha value is -1.44. The summed E-state index contributed by atoms with van der Waals surface area (Å²) in [6.45, 7) is 1.78. The highest BCUT2D eigenvalue weighted by Crippen LogP contribution is 2.09. The quantitative estimate of drug-likeness (QED) is 0.661. The molecule has 0 heterocycles. The van der Waals surface area contributed by atoms with Crippen LogP contribution < -0.4 is 16.2 Å². The molecule has 1 unspecified atom stereocenters. The maximum absolute atomic E-state index is 11.2. The molecular formula is C10H15N3O3S. The van der Waals surface area contributed by atoms with Gasteiger partial charge in [-0.2, -0.15) is 0 Å². The maximum atomic E-state index is 11.2. The van der Waals surface area contributed by atoms with E-state index < -0.39 is 16.1 Å². The Morgan fingerprint density at radius 3 is 2.65 bits per heavy atom. The van der Waals surface area contributed by atoms with E-state index in [1.54, 1.807) is 19.1 Å². The first-order valence-electron chi connectivity index (χ1n) is 4.96. The molecular weight excluding hydrogens is 242 g/mol. The van der Waals surface area contributed by atoms with E-state index >= 15 is 0 Å². The molecule has 0 saturated carbocycles. The summed E-state index contributed by atoms with van der Waals surface area (Å²) in [5, 5.41) is 7.57. The van der Waals surface area contributed by atoms with Crippen LogP contribution in [0.4, 0.5) is 0 Å². The number of nitrogens with two attached hydrogens (primary N) is 2. The van der Waals surface area contributed by atoms with Gasteiger partial charge in [0, 0.05) is 6.54 Å². The van der Waals surface area contributed by atoms with Crippen molar-refractivity contribution in [2.45, 2.75) is 24.4 Å². The van der Waals surface area contributed by atoms with Crippen LogP contribution in [0.2, 0.25) is 0 Å². The van der Waals surface area contributed by atoms with Crippen molar-refractivity contribution in [3.63, 3.8) is 0 Å². The molecule has 1 aromatic carbocycles. The second-order valence-corrected chi connectivity index (χ2v) is 5.26. The molecule has 1 aromatic rings. The van der Waals surface area contributed by atoms with E-state index in [1.807, 2.05) is 0 Å². The molecule has 0 aliphatic carbocycles. The Labute approximate surface area is 100 Å². The summed E-state index contributed by atoms with van der Waals surface area (Å²) in [6, 6.07) is 5.46. The first-order valence-corrected chi connectivity index (χ1v) is 6.50. The topological polar surface area (TPSA) is 115 Å². The first kappa shape index (κ1) is 13.6. The predicted molar refractivity (Wildman–Crippen MR) is 63.3 cm³/mol. The lowest BCUT2D eigenvalue weighted by molar-refractivity contribution is -0.122. The monoisotopic (exact) mass is 257 g/mol. The molecule has 0 saturated heterocycles. The van der Waals surface area contributed by atoms with Gasteiger partial charge < -0.3 is 11.1 Å². The van der Waals surface area contributed by atoms with E-state index in [0.29, 0.717) is 5.56 Å². The summed E-state index contributed by atoms with van der Waals surface area (Å²) < 4.78 is 22.2. The van der Waals surface area contributed by atoms with Crippen molar-refractivity contribution in [3.05, 3.63) is 29.8 Å². The van der Waals surface area contributed by atoms with Gasteiger partial charge in [-0.3, -0.25) is 4.79 Å². The Balaban J connectivity index is 2.77. The number of benzene rings is 1. The Kier molecular flexibility index (Phi) is 4.22. The fourth-order valence-corrected chi connectivity index (χ4v) is 1.77. The van der Waals surface area contributed by atoms with Crippen LogP contribution in [0.25, 0.3) is 0 Å². The van der Waals surface area contributed by atoms with Gasteiger partial charge in [0.2, 0.25) is 15.9 Å². The lowest BCUT2D eigenvalue weighted by Crippen LogP contribution is -2.37. The second-order valence-electron chi connectivity index (χ2n) is 3.70. The van der Waals surface area contributed by atoms with Gasteiger partial charge in [-0.15, -0.1) is 0 Å². The Morgan fingerprint density at radius 1 is 1.47 bits per heavy atom. The minimum absolute atomic E-state index is 0.0186. The fraction of sp³-hybridized carbons (Fsp3) is 0.300. The summed E-state index contributed by atoms with van der Waals surface area (Å²) in [5.74, 6) is -0.300. The standard InChI is InChI=1S/C10H15N3O3S/c1-7(11)10(14)13-6-8-3-2-4-9(5-8)17(12,15)16/h2-5,7H,6,11H2,1H3,(H,13,14)(H2,12,15,16). The molecule has 5 N–H and O–H groups in total. The average Bonchev–Trinajstić information content (AvgIpc) is 2.25. The zero-order valence-electron chi connectivity index (χ0n) is 9.38.